The van der Waals surface area contributed by atoms with Gasteiger partial charge in [-0.2, -0.15) is 0 Å². The Morgan fingerprint density at radius 1 is 1.24 bits per heavy atom. The molecule has 3 rings (SSSR count). The number of hydrogen-bond acceptors (Lipinski definition) is 2. The summed E-state index contributed by atoms with van der Waals surface area (Å²) < 4.78 is 13.3. The molecule has 0 unspecified atom stereocenters. The number of halogens is 1. The Morgan fingerprint density at radius 2 is 2.00 bits per heavy atom. The van der Waals surface area contributed by atoms with Crippen molar-refractivity contribution in [1.82, 2.24) is 10.2 Å². The molecule has 25 heavy (non-hydrogen) atoms. The molecule has 1 N–H and O–H groups in total. The van der Waals surface area contributed by atoms with Crippen LogP contribution in [-0.4, -0.2) is 29.8 Å². The Morgan fingerprint density at radius 3 is 2.72 bits per heavy atom. The van der Waals surface area contributed by atoms with E-state index in [0.29, 0.717) is 6.54 Å². The Bertz CT molecular complexity index is 681. The van der Waals surface area contributed by atoms with Crippen LogP contribution in [0.4, 0.5) is 4.39 Å². The van der Waals surface area contributed by atoms with Gasteiger partial charge in [0.25, 0.3) is 0 Å². The SMILES string of the molecule is CC(C)(C)C(=O)N1CCC[C@@H](C(=O)N[C@H]2CCc3cc(F)ccc32)C1. The predicted molar refractivity (Wildman–Crippen MR) is 94.4 cm³/mol. The number of fused-ring (bicyclic) bond motifs is 1. The van der Waals surface area contributed by atoms with Gasteiger partial charge in [0.1, 0.15) is 5.82 Å². The van der Waals surface area contributed by atoms with Gasteiger partial charge >= 0.3 is 0 Å². The molecule has 4 nitrogen and oxygen atoms in total. The number of carbonyl (C=O) groups excluding carboxylic acids is 2. The molecule has 1 aromatic rings. The smallest absolute Gasteiger partial charge is 0.227 e. The van der Waals surface area contributed by atoms with Gasteiger partial charge in [-0.25, -0.2) is 4.39 Å². The number of aryl methyl sites for hydroxylation is 1. The van der Waals surface area contributed by atoms with Crippen LogP contribution < -0.4 is 5.32 Å². The van der Waals surface area contributed by atoms with Crippen molar-refractivity contribution < 1.29 is 14.0 Å². The topological polar surface area (TPSA) is 49.4 Å². The Kier molecular flexibility index (Phi) is 4.85. The third-order valence-corrected chi connectivity index (χ3v) is 5.22. The van der Waals surface area contributed by atoms with E-state index in [1.807, 2.05) is 25.7 Å². The second-order valence-corrected chi connectivity index (χ2v) is 8.28. The van der Waals surface area contributed by atoms with Crippen molar-refractivity contribution in [3.8, 4) is 0 Å². The van der Waals surface area contributed by atoms with Crippen LogP contribution in [0.1, 0.15) is 57.2 Å². The lowest BCUT2D eigenvalue weighted by atomic mass is 9.90. The highest BCUT2D eigenvalue weighted by atomic mass is 19.1. The maximum Gasteiger partial charge on any atom is 0.227 e. The zero-order chi connectivity index (χ0) is 18.2. The average molecular weight is 346 g/mol. The highest BCUT2D eigenvalue weighted by Crippen LogP contribution is 2.32. The Balaban J connectivity index is 1.64. The van der Waals surface area contributed by atoms with Crippen LogP contribution in [0.3, 0.4) is 0 Å². The molecule has 1 aliphatic carbocycles. The third-order valence-electron chi connectivity index (χ3n) is 5.22. The van der Waals surface area contributed by atoms with E-state index in [9.17, 15) is 14.0 Å². The molecule has 5 heteroatoms. The van der Waals surface area contributed by atoms with E-state index in [4.69, 9.17) is 0 Å². The van der Waals surface area contributed by atoms with Crippen LogP contribution >= 0.6 is 0 Å². The zero-order valence-electron chi connectivity index (χ0n) is 15.3. The molecular weight excluding hydrogens is 319 g/mol. The van der Waals surface area contributed by atoms with Crippen LogP contribution in [0.25, 0.3) is 0 Å². The minimum atomic E-state index is -0.424. The Labute approximate surface area is 148 Å². The molecule has 2 amide bonds. The normalized spacial score (nSPS) is 23.3. The summed E-state index contributed by atoms with van der Waals surface area (Å²) in [5, 5.41) is 3.12. The summed E-state index contributed by atoms with van der Waals surface area (Å²) >= 11 is 0. The van der Waals surface area contributed by atoms with E-state index in [-0.39, 0.29) is 29.6 Å². The molecule has 1 saturated heterocycles. The van der Waals surface area contributed by atoms with Crippen LogP contribution in [-0.2, 0) is 16.0 Å². The molecule has 2 aliphatic rings. The molecule has 0 saturated carbocycles. The molecular formula is C20H27FN2O2. The summed E-state index contributed by atoms with van der Waals surface area (Å²) in [5.41, 5.74) is 1.58. The number of rotatable bonds is 2. The number of benzene rings is 1. The maximum absolute atomic E-state index is 13.3. The van der Waals surface area contributed by atoms with Gasteiger partial charge in [-0.3, -0.25) is 9.59 Å². The lowest BCUT2D eigenvalue weighted by Gasteiger charge is -2.36. The first kappa shape index (κ1) is 17.9. The lowest BCUT2D eigenvalue weighted by molar-refractivity contribution is -0.142. The van der Waals surface area contributed by atoms with E-state index in [0.717, 1.165) is 43.4 Å². The molecule has 136 valence electrons. The van der Waals surface area contributed by atoms with E-state index in [1.54, 1.807) is 12.1 Å². The van der Waals surface area contributed by atoms with E-state index >= 15 is 0 Å². The molecule has 0 aromatic heterocycles. The van der Waals surface area contributed by atoms with E-state index < -0.39 is 5.41 Å². The average Bonchev–Trinajstić information content (AvgIpc) is 2.95. The fraction of sp³-hybridized carbons (Fsp3) is 0.600. The quantitative estimate of drug-likeness (QED) is 0.894. The van der Waals surface area contributed by atoms with Crippen LogP contribution in [0.5, 0.6) is 0 Å². The summed E-state index contributed by atoms with van der Waals surface area (Å²) in [6.07, 6.45) is 3.26. The summed E-state index contributed by atoms with van der Waals surface area (Å²) in [5.74, 6) is -0.279. The van der Waals surface area contributed by atoms with Gasteiger partial charge in [-0.15, -0.1) is 0 Å². The number of likely N-dealkylation sites (tertiary alicyclic amines) is 1. The number of nitrogens with one attached hydrogen (secondary N) is 1. The molecule has 1 fully saturated rings. The molecule has 1 aliphatic heterocycles. The number of piperidine rings is 1. The summed E-state index contributed by atoms with van der Waals surface area (Å²) in [6.45, 7) is 6.95. The predicted octanol–water partition coefficient (Wildman–Crippen LogP) is 3.21. The second-order valence-electron chi connectivity index (χ2n) is 8.28. The van der Waals surface area contributed by atoms with Crippen molar-refractivity contribution in [2.45, 2.75) is 52.5 Å². The fourth-order valence-corrected chi connectivity index (χ4v) is 3.88. The fourth-order valence-electron chi connectivity index (χ4n) is 3.88. The first-order valence-corrected chi connectivity index (χ1v) is 9.14. The molecule has 0 spiro atoms. The van der Waals surface area contributed by atoms with Crippen molar-refractivity contribution in [3.63, 3.8) is 0 Å². The first-order valence-electron chi connectivity index (χ1n) is 9.14. The van der Waals surface area contributed by atoms with Crippen LogP contribution in [0.15, 0.2) is 18.2 Å². The van der Waals surface area contributed by atoms with Gasteiger partial charge in [0.05, 0.1) is 12.0 Å². The van der Waals surface area contributed by atoms with Gasteiger partial charge in [0, 0.05) is 18.5 Å². The van der Waals surface area contributed by atoms with Gasteiger partial charge in [0.15, 0.2) is 0 Å². The van der Waals surface area contributed by atoms with Crippen molar-refractivity contribution in [2.24, 2.45) is 11.3 Å². The minimum absolute atomic E-state index is 0.00795. The number of amides is 2. The highest BCUT2D eigenvalue weighted by Gasteiger charge is 2.34. The largest absolute Gasteiger partial charge is 0.349 e. The third kappa shape index (κ3) is 3.86. The molecule has 1 aromatic carbocycles. The van der Waals surface area contributed by atoms with Crippen molar-refractivity contribution in [2.75, 3.05) is 13.1 Å². The number of hydrogen-bond donors (Lipinski definition) is 1. The standard InChI is InChI=1S/C20H27FN2O2/c1-20(2,3)19(25)23-10-4-5-14(12-23)18(24)22-17-9-6-13-11-15(21)7-8-16(13)17/h7-8,11,14,17H,4-6,9-10,12H2,1-3H3,(H,22,24)/t14-,17+/m1/s1. The van der Waals surface area contributed by atoms with Crippen LogP contribution in [0, 0.1) is 17.2 Å². The highest BCUT2D eigenvalue weighted by molar-refractivity contribution is 5.84. The van der Waals surface area contributed by atoms with Crippen molar-refractivity contribution in [3.05, 3.63) is 35.1 Å². The van der Waals surface area contributed by atoms with E-state index in [1.165, 1.54) is 6.07 Å². The summed E-state index contributed by atoms with van der Waals surface area (Å²) in [4.78, 5) is 27.0. The maximum atomic E-state index is 13.3. The second kappa shape index (κ2) is 6.77. The number of nitrogens with zero attached hydrogens (tertiary/aromatic N) is 1. The Hall–Kier alpha value is -1.91. The van der Waals surface area contributed by atoms with Gasteiger partial charge in [-0.05, 0) is 48.9 Å². The van der Waals surface area contributed by atoms with Crippen molar-refractivity contribution in [1.29, 1.82) is 0 Å². The van der Waals surface area contributed by atoms with Crippen LogP contribution in [0.2, 0.25) is 0 Å². The number of carbonyl (C=O) groups is 2. The van der Waals surface area contributed by atoms with Crippen molar-refractivity contribution >= 4 is 11.8 Å². The minimum Gasteiger partial charge on any atom is -0.349 e. The lowest BCUT2D eigenvalue weighted by Crippen LogP contribution is -2.49. The monoisotopic (exact) mass is 346 g/mol. The van der Waals surface area contributed by atoms with Gasteiger partial charge in [-0.1, -0.05) is 26.8 Å². The van der Waals surface area contributed by atoms with E-state index in [2.05, 4.69) is 5.32 Å². The molecule has 1 heterocycles. The molecule has 0 bridgehead atoms. The van der Waals surface area contributed by atoms with Gasteiger partial charge in [0.2, 0.25) is 11.8 Å². The zero-order valence-corrected chi connectivity index (χ0v) is 15.3. The van der Waals surface area contributed by atoms with Gasteiger partial charge < -0.3 is 10.2 Å². The molecule has 2 atom stereocenters. The first-order chi connectivity index (χ1) is 11.8. The molecule has 0 radical (unpaired) electrons. The summed E-state index contributed by atoms with van der Waals surface area (Å²) in [6, 6.07) is 4.75. The summed E-state index contributed by atoms with van der Waals surface area (Å²) in [7, 11) is 0.